The van der Waals surface area contributed by atoms with Crippen LogP contribution in [0.15, 0.2) is 12.2 Å². The van der Waals surface area contributed by atoms with Crippen molar-refractivity contribution in [3.63, 3.8) is 0 Å². The quantitative estimate of drug-likeness (QED) is 0.386. The van der Waals surface area contributed by atoms with Gasteiger partial charge in [0, 0.05) is 6.04 Å². The van der Waals surface area contributed by atoms with Gasteiger partial charge in [0.1, 0.15) is 0 Å². The SMILES string of the molecule is C=C(C)CCC(NN)C(C)(C)C. The van der Waals surface area contributed by atoms with Crippen LogP contribution >= 0.6 is 0 Å². The zero-order valence-electron chi connectivity index (χ0n) is 8.78. The molecule has 0 fully saturated rings. The molecule has 0 saturated carbocycles. The van der Waals surface area contributed by atoms with E-state index < -0.39 is 0 Å². The van der Waals surface area contributed by atoms with Gasteiger partial charge < -0.3 is 0 Å². The van der Waals surface area contributed by atoms with Crippen molar-refractivity contribution in [2.75, 3.05) is 0 Å². The zero-order chi connectivity index (χ0) is 9.78. The molecule has 0 spiro atoms. The van der Waals surface area contributed by atoms with Gasteiger partial charge in [0.05, 0.1) is 0 Å². The molecule has 72 valence electrons. The second kappa shape index (κ2) is 4.63. The molecule has 1 unspecified atom stereocenters. The maximum Gasteiger partial charge on any atom is 0.0262 e. The maximum atomic E-state index is 5.47. The molecule has 0 amide bonds. The number of hydrogen-bond acceptors (Lipinski definition) is 2. The van der Waals surface area contributed by atoms with Crippen LogP contribution < -0.4 is 11.3 Å². The Bertz CT molecular complexity index is 144. The summed E-state index contributed by atoms with van der Waals surface area (Å²) in [5.41, 5.74) is 4.30. The summed E-state index contributed by atoms with van der Waals surface area (Å²) in [6.45, 7) is 12.5. The van der Waals surface area contributed by atoms with Gasteiger partial charge in [-0.05, 0) is 25.2 Å². The normalized spacial score (nSPS) is 14.4. The lowest BCUT2D eigenvalue weighted by atomic mass is 9.84. The summed E-state index contributed by atoms with van der Waals surface area (Å²) in [4.78, 5) is 0. The number of allylic oxidation sites excluding steroid dienone is 1. The van der Waals surface area contributed by atoms with Gasteiger partial charge in [-0.15, -0.1) is 6.58 Å². The van der Waals surface area contributed by atoms with E-state index in [0.717, 1.165) is 12.8 Å². The number of nitrogens with one attached hydrogen (secondary N) is 1. The number of nitrogens with two attached hydrogens (primary N) is 1. The lowest BCUT2D eigenvalue weighted by Crippen LogP contribution is -2.44. The first-order valence-corrected chi connectivity index (χ1v) is 4.48. The first-order valence-electron chi connectivity index (χ1n) is 4.48. The Balaban J connectivity index is 3.92. The van der Waals surface area contributed by atoms with Crippen LogP contribution in [0.3, 0.4) is 0 Å². The zero-order valence-corrected chi connectivity index (χ0v) is 8.78. The van der Waals surface area contributed by atoms with Gasteiger partial charge in [-0.3, -0.25) is 11.3 Å². The molecule has 0 radical (unpaired) electrons. The minimum absolute atomic E-state index is 0.226. The predicted molar refractivity (Wildman–Crippen MR) is 54.6 cm³/mol. The third-order valence-corrected chi connectivity index (χ3v) is 2.11. The van der Waals surface area contributed by atoms with Crippen molar-refractivity contribution >= 4 is 0 Å². The van der Waals surface area contributed by atoms with Crippen LogP contribution in [-0.2, 0) is 0 Å². The summed E-state index contributed by atoms with van der Waals surface area (Å²) in [5, 5.41) is 0. The third-order valence-electron chi connectivity index (χ3n) is 2.11. The number of hydrazine groups is 1. The van der Waals surface area contributed by atoms with Crippen LogP contribution in [0.5, 0.6) is 0 Å². The van der Waals surface area contributed by atoms with E-state index in [4.69, 9.17) is 5.84 Å². The fourth-order valence-electron chi connectivity index (χ4n) is 1.16. The molecular weight excluding hydrogens is 148 g/mol. The summed E-state index contributed by atoms with van der Waals surface area (Å²) in [5.74, 6) is 5.47. The molecular formula is C10H22N2. The highest BCUT2D eigenvalue weighted by Gasteiger charge is 2.22. The molecule has 0 aliphatic rings. The summed E-state index contributed by atoms with van der Waals surface area (Å²) >= 11 is 0. The second-order valence-electron chi connectivity index (χ2n) is 4.58. The molecule has 2 nitrogen and oxygen atoms in total. The smallest absolute Gasteiger partial charge is 0.0262 e. The predicted octanol–water partition coefficient (Wildman–Crippen LogP) is 2.22. The Morgan fingerprint density at radius 1 is 1.50 bits per heavy atom. The molecule has 0 aromatic heterocycles. The van der Waals surface area contributed by atoms with Gasteiger partial charge in [-0.1, -0.05) is 26.3 Å². The highest BCUT2D eigenvalue weighted by atomic mass is 15.2. The van der Waals surface area contributed by atoms with Gasteiger partial charge in [0.25, 0.3) is 0 Å². The van der Waals surface area contributed by atoms with Gasteiger partial charge >= 0.3 is 0 Å². The van der Waals surface area contributed by atoms with Crippen LogP contribution in [0.25, 0.3) is 0 Å². The maximum absolute atomic E-state index is 5.47. The van der Waals surface area contributed by atoms with E-state index in [-0.39, 0.29) is 5.41 Å². The first kappa shape index (κ1) is 11.7. The fraction of sp³-hybridized carbons (Fsp3) is 0.800. The van der Waals surface area contributed by atoms with E-state index in [1.54, 1.807) is 0 Å². The molecule has 0 aliphatic heterocycles. The molecule has 0 saturated heterocycles. The molecule has 0 rings (SSSR count). The Labute approximate surface area is 76.2 Å². The second-order valence-corrected chi connectivity index (χ2v) is 4.58. The summed E-state index contributed by atoms with van der Waals surface area (Å²) in [7, 11) is 0. The van der Waals surface area contributed by atoms with Crippen molar-refractivity contribution in [2.45, 2.75) is 46.6 Å². The molecule has 3 N–H and O–H groups in total. The molecule has 2 heteroatoms. The van der Waals surface area contributed by atoms with Crippen LogP contribution in [0.1, 0.15) is 40.5 Å². The van der Waals surface area contributed by atoms with Gasteiger partial charge in [-0.2, -0.15) is 0 Å². The average Bonchev–Trinajstić information content (AvgIpc) is 1.85. The van der Waals surface area contributed by atoms with Crippen LogP contribution in [0, 0.1) is 5.41 Å². The van der Waals surface area contributed by atoms with Crippen molar-refractivity contribution in [3.05, 3.63) is 12.2 Å². The van der Waals surface area contributed by atoms with Crippen molar-refractivity contribution in [3.8, 4) is 0 Å². The summed E-state index contributed by atoms with van der Waals surface area (Å²) in [6, 6.07) is 0.370. The van der Waals surface area contributed by atoms with E-state index in [9.17, 15) is 0 Å². The minimum atomic E-state index is 0.226. The standard InChI is InChI=1S/C10H22N2/c1-8(2)6-7-9(12-11)10(3,4)5/h9,12H,1,6-7,11H2,2-5H3. The van der Waals surface area contributed by atoms with Crippen molar-refractivity contribution in [1.82, 2.24) is 5.43 Å². The van der Waals surface area contributed by atoms with E-state index >= 15 is 0 Å². The minimum Gasteiger partial charge on any atom is -0.271 e. The lowest BCUT2D eigenvalue weighted by molar-refractivity contribution is 0.257. The van der Waals surface area contributed by atoms with E-state index in [1.165, 1.54) is 5.57 Å². The van der Waals surface area contributed by atoms with Gasteiger partial charge in [0.15, 0.2) is 0 Å². The van der Waals surface area contributed by atoms with Crippen molar-refractivity contribution in [2.24, 2.45) is 11.3 Å². The largest absolute Gasteiger partial charge is 0.271 e. The van der Waals surface area contributed by atoms with Gasteiger partial charge in [0.2, 0.25) is 0 Å². The van der Waals surface area contributed by atoms with E-state index in [0.29, 0.717) is 6.04 Å². The summed E-state index contributed by atoms with van der Waals surface area (Å²) in [6.07, 6.45) is 2.11. The monoisotopic (exact) mass is 170 g/mol. The van der Waals surface area contributed by atoms with Crippen LogP contribution in [0.2, 0.25) is 0 Å². The summed E-state index contributed by atoms with van der Waals surface area (Å²) < 4.78 is 0. The first-order chi connectivity index (χ1) is 5.38. The molecule has 1 atom stereocenters. The molecule has 0 aromatic rings. The topological polar surface area (TPSA) is 38.0 Å². The Morgan fingerprint density at radius 2 is 2.00 bits per heavy atom. The molecule has 0 aromatic carbocycles. The average molecular weight is 170 g/mol. The van der Waals surface area contributed by atoms with E-state index in [2.05, 4.69) is 39.7 Å². The van der Waals surface area contributed by atoms with Crippen molar-refractivity contribution in [1.29, 1.82) is 0 Å². The van der Waals surface area contributed by atoms with Gasteiger partial charge in [-0.25, -0.2) is 0 Å². The molecule has 0 bridgehead atoms. The highest BCUT2D eigenvalue weighted by molar-refractivity contribution is 4.91. The number of hydrogen-bond donors (Lipinski definition) is 2. The Kier molecular flexibility index (Phi) is 4.50. The third kappa shape index (κ3) is 4.52. The Morgan fingerprint density at radius 3 is 2.25 bits per heavy atom. The molecule has 12 heavy (non-hydrogen) atoms. The fourth-order valence-corrected chi connectivity index (χ4v) is 1.16. The van der Waals surface area contributed by atoms with E-state index in [1.807, 2.05) is 0 Å². The van der Waals surface area contributed by atoms with Crippen molar-refractivity contribution < 1.29 is 0 Å². The lowest BCUT2D eigenvalue weighted by Gasteiger charge is -2.30. The highest BCUT2D eigenvalue weighted by Crippen LogP contribution is 2.23. The Hall–Kier alpha value is -0.340. The number of rotatable bonds is 4. The van der Waals surface area contributed by atoms with Crippen LogP contribution in [-0.4, -0.2) is 6.04 Å². The molecule has 0 heterocycles. The molecule has 0 aliphatic carbocycles. The van der Waals surface area contributed by atoms with Crippen LogP contribution in [0.4, 0.5) is 0 Å².